The van der Waals surface area contributed by atoms with E-state index in [1.807, 2.05) is 0 Å². The van der Waals surface area contributed by atoms with Gasteiger partial charge in [-0.2, -0.15) is 0 Å². The summed E-state index contributed by atoms with van der Waals surface area (Å²) in [6.45, 7) is 3.28. The second kappa shape index (κ2) is 8.11. The highest BCUT2D eigenvalue weighted by atomic mass is 79.9. The number of carbonyl (C=O) groups is 2. The number of amides is 1. The Balaban J connectivity index is 2.45. The van der Waals surface area contributed by atoms with Gasteiger partial charge in [-0.05, 0) is 32.0 Å². The minimum Gasteiger partial charge on any atom is -0.482 e. The van der Waals surface area contributed by atoms with Crippen LogP contribution in [-0.4, -0.2) is 31.1 Å². The maximum Gasteiger partial charge on any atom is 0.328 e. The number of halogens is 2. The molecule has 1 aromatic carbocycles. The lowest BCUT2D eigenvalue weighted by Crippen LogP contribution is -2.41. The average molecular weight is 365 g/mol. The van der Waals surface area contributed by atoms with Crippen molar-refractivity contribution in [2.45, 2.75) is 19.9 Å². The fraction of sp³-hybridized carbons (Fsp3) is 0.385. The van der Waals surface area contributed by atoms with Gasteiger partial charge in [-0.3, -0.25) is 4.79 Å². The molecule has 1 rings (SSSR count). The van der Waals surface area contributed by atoms with E-state index >= 15 is 0 Å². The van der Waals surface area contributed by atoms with Gasteiger partial charge in [0, 0.05) is 4.47 Å². The van der Waals surface area contributed by atoms with E-state index in [1.54, 1.807) is 32.0 Å². The molecule has 1 unspecified atom stereocenters. The Morgan fingerprint density at radius 2 is 2.15 bits per heavy atom. The molecule has 7 heteroatoms. The maximum absolute atomic E-state index is 11.6. The van der Waals surface area contributed by atoms with Gasteiger partial charge in [0.05, 0.1) is 11.6 Å². The molecule has 0 spiro atoms. The number of ether oxygens (including phenoxy) is 2. The quantitative estimate of drug-likeness (QED) is 0.788. The van der Waals surface area contributed by atoms with Gasteiger partial charge >= 0.3 is 5.97 Å². The summed E-state index contributed by atoms with van der Waals surface area (Å²) in [4.78, 5) is 23.0. The summed E-state index contributed by atoms with van der Waals surface area (Å²) in [5.41, 5.74) is 0. The Hall–Kier alpha value is -1.27. The molecule has 0 aliphatic carbocycles. The zero-order valence-electron chi connectivity index (χ0n) is 11.1. The topological polar surface area (TPSA) is 64.6 Å². The number of carbonyl (C=O) groups excluding carboxylic acids is 2. The number of nitrogens with one attached hydrogen (secondary N) is 1. The Morgan fingerprint density at radius 1 is 1.45 bits per heavy atom. The number of benzene rings is 1. The predicted octanol–water partition coefficient (Wildman–Crippen LogP) is 2.55. The summed E-state index contributed by atoms with van der Waals surface area (Å²) < 4.78 is 10.9. The normalized spacial score (nSPS) is 11.6. The molecular weight excluding hydrogens is 350 g/mol. The molecule has 0 bridgehead atoms. The minimum atomic E-state index is -0.716. The monoisotopic (exact) mass is 363 g/mol. The first kappa shape index (κ1) is 16.8. The van der Waals surface area contributed by atoms with Crippen LogP contribution in [0.3, 0.4) is 0 Å². The zero-order valence-corrected chi connectivity index (χ0v) is 13.5. The molecule has 1 amide bonds. The van der Waals surface area contributed by atoms with Crippen LogP contribution in [0.2, 0.25) is 5.02 Å². The van der Waals surface area contributed by atoms with E-state index in [0.29, 0.717) is 10.8 Å². The SMILES string of the molecule is CCOC(=O)C(C)NC(=O)COc1ccc(Br)cc1Cl. The molecular formula is C13H15BrClNO4. The van der Waals surface area contributed by atoms with E-state index in [-0.39, 0.29) is 13.2 Å². The van der Waals surface area contributed by atoms with Crippen LogP contribution in [-0.2, 0) is 14.3 Å². The molecule has 0 saturated heterocycles. The highest BCUT2D eigenvalue weighted by Gasteiger charge is 2.16. The van der Waals surface area contributed by atoms with Crippen molar-refractivity contribution in [3.63, 3.8) is 0 Å². The first-order chi connectivity index (χ1) is 9.43. The fourth-order valence-corrected chi connectivity index (χ4v) is 2.07. The summed E-state index contributed by atoms with van der Waals surface area (Å²) in [5.74, 6) is -0.513. The molecule has 0 fully saturated rings. The van der Waals surface area contributed by atoms with Crippen molar-refractivity contribution in [1.82, 2.24) is 5.32 Å². The third kappa shape index (κ3) is 5.38. The molecule has 5 nitrogen and oxygen atoms in total. The van der Waals surface area contributed by atoms with Gasteiger partial charge in [-0.25, -0.2) is 4.79 Å². The first-order valence-electron chi connectivity index (χ1n) is 5.98. The molecule has 1 atom stereocenters. The predicted molar refractivity (Wildman–Crippen MR) is 78.9 cm³/mol. The molecule has 0 aromatic heterocycles. The third-order valence-corrected chi connectivity index (χ3v) is 3.06. The van der Waals surface area contributed by atoms with Crippen LogP contribution >= 0.6 is 27.5 Å². The van der Waals surface area contributed by atoms with Crippen molar-refractivity contribution in [2.75, 3.05) is 13.2 Å². The second-order valence-corrected chi connectivity index (χ2v) is 5.23. The van der Waals surface area contributed by atoms with Crippen molar-refractivity contribution in [1.29, 1.82) is 0 Å². The Morgan fingerprint density at radius 3 is 2.75 bits per heavy atom. The van der Waals surface area contributed by atoms with Crippen molar-refractivity contribution in [2.24, 2.45) is 0 Å². The van der Waals surface area contributed by atoms with Crippen LogP contribution in [0.15, 0.2) is 22.7 Å². The number of esters is 1. The zero-order chi connectivity index (χ0) is 15.1. The van der Waals surface area contributed by atoms with E-state index in [4.69, 9.17) is 21.1 Å². The largest absolute Gasteiger partial charge is 0.482 e. The van der Waals surface area contributed by atoms with Crippen LogP contribution in [0.5, 0.6) is 5.75 Å². The molecule has 0 aliphatic rings. The van der Waals surface area contributed by atoms with Gasteiger partial charge in [-0.15, -0.1) is 0 Å². The summed E-state index contributed by atoms with van der Waals surface area (Å²) in [7, 11) is 0. The molecule has 1 N–H and O–H groups in total. The summed E-state index contributed by atoms with van der Waals surface area (Å²) in [5, 5.41) is 2.87. The Bertz CT molecular complexity index is 495. The van der Waals surface area contributed by atoms with E-state index in [1.165, 1.54) is 0 Å². The number of hydrogen-bond donors (Lipinski definition) is 1. The highest BCUT2D eigenvalue weighted by molar-refractivity contribution is 9.10. The first-order valence-corrected chi connectivity index (χ1v) is 7.15. The molecule has 0 aliphatic heterocycles. The molecule has 0 heterocycles. The van der Waals surface area contributed by atoms with Crippen molar-refractivity contribution in [3.8, 4) is 5.75 Å². The molecule has 110 valence electrons. The third-order valence-electron chi connectivity index (χ3n) is 2.27. The van der Waals surface area contributed by atoms with E-state index in [9.17, 15) is 9.59 Å². The van der Waals surface area contributed by atoms with Crippen LogP contribution in [0.1, 0.15) is 13.8 Å². The Kier molecular flexibility index (Phi) is 6.81. The number of hydrogen-bond acceptors (Lipinski definition) is 4. The van der Waals surface area contributed by atoms with E-state index in [0.717, 1.165) is 4.47 Å². The molecule has 0 radical (unpaired) electrons. The van der Waals surface area contributed by atoms with E-state index < -0.39 is 17.9 Å². The molecule has 20 heavy (non-hydrogen) atoms. The van der Waals surface area contributed by atoms with Crippen LogP contribution in [0.25, 0.3) is 0 Å². The van der Waals surface area contributed by atoms with Gasteiger partial charge in [0.1, 0.15) is 11.8 Å². The van der Waals surface area contributed by atoms with Crippen molar-refractivity contribution < 1.29 is 19.1 Å². The summed E-state index contributed by atoms with van der Waals surface area (Å²) >= 11 is 9.22. The smallest absolute Gasteiger partial charge is 0.328 e. The lowest BCUT2D eigenvalue weighted by molar-refractivity contribution is -0.147. The van der Waals surface area contributed by atoms with E-state index in [2.05, 4.69) is 21.2 Å². The molecule has 0 saturated carbocycles. The van der Waals surface area contributed by atoms with Gasteiger partial charge in [0.15, 0.2) is 6.61 Å². The van der Waals surface area contributed by atoms with Gasteiger partial charge in [-0.1, -0.05) is 27.5 Å². The van der Waals surface area contributed by atoms with Gasteiger partial charge in [0.2, 0.25) is 0 Å². The van der Waals surface area contributed by atoms with Gasteiger partial charge in [0.25, 0.3) is 5.91 Å². The molecule has 1 aromatic rings. The second-order valence-electron chi connectivity index (χ2n) is 3.90. The minimum absolute atomic E-state index is 0.231. The van der Waals surface area contributed by atoms with Crippen molar-refractivity contribution >= 4 is 39.4 Å². The Labute approximate surface area is 130 Å². The average Bonchev–Trinajstić information content (AvgIpc) is 2.37. The van der Waals surface area contributed by atoms with Crippen molar-refractivity contribution in [3.05, 3.63) is 27.7 Å². The maximum atomic E-state index is 11.6. The standard InChI is InChI=1S/C13H15BrClNO4/c1-3-19-13(18)8(2)16-12(17)7-20-11-5-4-9(14)6-10(11)15/h4-6,8H,3,7H2,1-2H3,(H,16,17). The number of rotatable bonds is 6. The fourth-order valence-electron chi connectivity index (χ4n) is 1.34. The summed E-state index contributed by atoms with van der Waals surface area (Å²) in [6.07, 6.45) is 0. The lowest BCUT2D eigenvalue weighted by Gasteiger charge is -2.13. The van der Waals surface area contributed by atoms with Crippen LogP contribution in [0, 0.1) is 0 Å². The highest BCUT2D eigenvalue weighted by Crippen LogP contribution is 2.27. The lowest BCUT2D eigenvalue weighted by atomic mass is 10.3. The van der Waals surface area contributed by atoms with Crippen LogP contribution < -0.4 is 10.1 Å². The van der Waals surface area contributed by atoms with Crippen LogP contribution in [0.4, 0.5) is 0 Å². The summed E-state index contributed by atoms with van der Waals surface area (Å²) in [6, 6.07) is 4.34. The van der Waals surface area contributed by atoms with Gasteiger partial charge < -0.3 is 14.8 Å².